The monoisotopic (exact) mass is 334 g/mol. The molecule has 0 N–H and O–H groups in total. The highest BCUT2D eigenvalue weighted by atomic mass is 16.2. The molecule has 2 aliphatic rings. The number of hydrogen-bond donors (Lipinski definition) is 0. The minimum atomic E-state index is 0.177. The highest BCUT2D eigenvalue weighted by Crippen LogP contribution is 2.30. The molecular formula is C22H26N2O. The molecule has 130 valence electrons. The lowest BCUT2D eigenvalue weighted by Gasteiger charge is -2.42. The maximum absolute atomic E-state index is 13.1. The number of aryl methyl sites for hydroxylation is 1. The molecule has 1 unspecified atom stereocenters. The summed E-state index contributed by atoms with van der Waals surface area (Å²) in [5.41, 5.74) is 3.31. The first-order valence-electron chi connectivity index (χ1n) is 9.36. The lowest BCUT2D eigenvalue weighted by molar-refractivity contribution is 0.0437. The van der Waals surface area contributed by atoms with Gasteiger partial charge in [-0.25, -0.2) is 0 Å². The van der Waals surface area contributed by atoms with Gasteiger partial charge in [-0.05, 0) is 43.9 Å². The first-order chi connectivity index (χ1) is 12.2. The third kappa shape index (κ3) is 3.77. The van der Waals surface area contributed by atoms with Crippen LogP contribution in [0.25, 0.3) is 0 Å². The molecule has 25 heavy (non-hydrogen) atoms. The molecule has 1 aliphatic carbocycles. The molecule has 0 radical (unpaired) electrons. The van der Waals surface area contributed by atoms with E-state index in [1.54, 1.807) is 0 Å². The first-order valence-corrected chi connectivity index (χ1v) is 9.36. The van der Waals surface area contributed by atoms with Gasteiger partial charge < -0.3 is 4.90 Å². The highest BCUT2D eigenvalue weighted by molar-refractivity contribution is 5.94. The first kappa shape index (κ1) is 16.3. The predicted molar refractivity (Wildman–Crippen MR) is 101 cm³/mol. The van der Waals surface area contributed by atoms with Gasteiger partial charge in [-0.3, -0.25) is 9.69 Å². The molecule has 2 aromatic rings. The van der Waals surface area contributed by atoms with Crippen molar-refractivity contribution in [2.24, 2.45) is 0 Å². The Morgan fingerprint density at radius 3 is 2.40 bits per heavy atom. The summed E-state index contributed by atoms with van der Waals surface area (Å²) in [6.07, 6.45) is 3.58. The van der Waals surface area contributed by atoms with Gasteiger partial charge in [-0.2, -0.15) is 0 Å². The summed E-state index contributed by atoms with van der Waals surface area (Å²) in [5, 5.41) is 0. The average molecular weight is 334 g/mol. The minimum absolute atomic E-state index is 0.177. The molecule has 2 aromatic carbocycles. The fourth-order valence-corrected chi connectivity index (χ4v) is 3.84. The van der Waals surface area contributed by atoms with E-state index in [9.17, 15) is 4.79 Å². The molecule has 1 aliphatic heterocycles. The second-order valence-electron chi connectivity index (χ2n) is 7.43. The van der Waals surface area contributed by atoms with Gasteiger partial charge in [0.1, 0.15) is 0 Å². The van der Waals surface area contributed by atoms with Crippen molar-refractivity contribution in [2.45, 2.75) is 38.3 Å². The Balaban J connectivity index is 1.54. The van der Waals surface area contributed by atoms with E-state index in [4.69, 9.17) is 0 Å². The van der Waals surface area contributed by atoms with E-state index in [1.807, 2.05) is 24.3 Å². The summed E-state index contributed by atoms with van der Waals surface area (Å²) in [4.78, 5) is 17.8. The van der Waals surface area contributed by atoms with Gasteiger partial charge in [0.2, 0.25) is 0 Å². The molecule has 1 atom stereocenters. The second kappa shape index (κ2) is 7.01. The number of amides is 1. The van der Waals surface area contributed by atoms with Crippen molar-refractivity contribution < 1.29 is 4.79 Å². The largest absolute Gasteiger partial charge is 0.333 e. The Morgan fingerprint density at radius 1 is 1.00 bits per heavy atom. The Bertz CT molecular complexity index is 721. The van der Waals surface area contributed by atoms with Crippen molar-refractivity contribution in [1.82, 2.24) is 9.80 Å². The van der Waals surface area contributed by atoms with Gasteiger partial charge in [0.05, 0.1) is 0 Å². The van der Waals surface area contributed by atoms with E-state index < -0.39 is 0 Å². The number of nitrogens with zero attached hydrogens (tertiary/aromatic N) is 2. The average Bonchev–Trinajstić information content (AvgIpc) is 3.48. The second-order valence-corrected chi connectivity index (χ2v) is 7.43. The maximum Gasteiger partial charge on any atom is 0.254 e. The van der Waals surface area contributed by atoms with Crippen molar-refractivity contribution >= 4 is 5.91 Å². The molecule has 0 aromatic heterocycles. The molecule has 1 amide bonds. The van der Waals surface area contributed by atoms with Crippen molar-refractivity contribution in [1.29, 1.82) is 0 Å². The Morgan fingerprint density at radius 2 is 1.72 bits per heavy atom. The van der Waals surface area contributed by atoms with E-state index in [0.717, 1.165) is 37.7 Å². The van der Waals surface area contributed by atoms with E-state index in [2.05, 4.69) is 47.1 Å². The van der Waals surface area contributed by atoms with Crippen LogP contribution in [0.5, 0.6) is 0 Å². The van der Waals surface area contributed by atoms with Crippen LogP contribution in [-0.4, -0.2) is 47.4 Å². The molecule has 0 bridgehead atoms. The van der Waals surface area contributed by atoms with Gasteiger partial charge in [-0.15, -0.1) is 0 Å². The van der Waals surface area contributed by atoms with Crippen LogP contribution in [0.4, 0.5) is 0 Å². The van der Waals surface area contributed by atoms with Crippen LogP contribution in [0.1, 0.15) is 34.3 Å². The summed E-state index contributed by atoms with van der Waals surface area (Å²) in [5.74, 6) is 0.177. The minimum Gasteiger partial charge on any atom is -0.333 e. The zero-order valence-electron chi connectivity index (χ0n) is 14.9. The van der Waals surface area contributed by atoms with Gasteiger partial charge in [0.15, 0.2) is 0 Å². The molecule has 3 heteroatoms. The van der Waals surface area contributed by atoms with Crippen LogP contribution < -0.4 is 0 Å². The van der Waals surface area contributed by atoms with Crippen LogP contribution in [-0.2, 0) is 6.42 Å². The van der Waals surface area contributed by atoms with Crippen molar-refractivity contribution in [3.8, 4) is 0 Å². The van der Waals surface area contributed by atoms with Gasteiger partial charge >= 0.3 is 0 Å². The summed E-state index contributed by atoms with van der Waals surface area (Å²) in [6, 6.07) is 19.6. The molecule has 4 rings (SSSR count). The van der Waals surface area contributed by atoms with E-state index in [1.165, 1.54) is 24.0 Å². The number of hydrogen-bond acceptors (Lipinski definition) is 2. The summed E-state index contributed by atoms with van der Waals surface area (Å²) in [6.45, 7) is 4.90. The third-order valence-electron chi connectivity index (χ3n) is 5.45. The smallest absolute Gasteiger partial charge is 0.254 e. The van der Waals surface area contributed by atoms with E-state index in [0.29, 0.717) is 0 Å². The van der Waals surface area contributed by atoms with Crippen molar-refractivity contribution in [3.63, 3.8) is 0 Å². The van der Waals surface area contributed by atoms with Crippen LogP contribution in [0.15, 0.2) is 54.6 Å². The molecule has 3 nitrogen and oxygen atoms in total. The third-order valence-corrected chi connectivity index (χ3v) is 5.45. The topological polar surface area (TPSA) is 23.6 Å². The van der Waals surface area contributed by atoms with Gasteiger partial charge in [0.25, 0.3) is 5.91 Å². The fourth-order valence-electron chi connectivity index (χ4n) is 3.84. The van der Waals surface area contributed by atoms with Gasteiger partial charge in [0, 0.05) is 37.3 Å². The SMILES string of the molecule is Cc1ccc(C(=O)N2CCN(C3CC3)CC2Cc2ccccc2)cc1. The summed E-state index contributed by atoms with van der Waals surface area (Å²) >= 11 is 0. The molecular weight excluding hydrogens is 308 g/mol. The molecule has 1 heterocycles. The number of benzene rings is 2. The summed E-state index contributed by atoms with van der Waals surface area (Å²) in [7, 11) is 0. The van der Waals surface area contributed by atoms with Crippen LogP contribution in [0.2, 0.25) is 0 Å². The number of piperazine rings is 1. The van der Waals surface area contributed by atoms with Crippen molar-refractivity contribution in [2.75, 3.05) is 19.6 Å². The molecule has 1 saturated heterocycles. The highest BCUT2D eigenvalue weighted by Gasteiger charge is 2.37. The molecule has 2 fully saturated rings. The maximum atomic E-state index is 13.1. The Kier molecular flexibility index (Phi) is 4.58. The summed E-state index contributed by atoms with van der Waals surface area (Å²) < 4.78 is 0. The fraction of sp³-hybridized carbons (Fsp3) is 0.409. The lowest BCUT2D eigenvalue weighted by Crippen LogP contribution is -2.56. The standard InChI is InChI=1S/C22H26N2O/c1-17-7-9-19(10-8-17)22(25)24-14-13-23(20-11-12-20)16-21(24)15-18-5-3-2-4-6-18/h2-10,20-21H,11-16H2,1H3. The predicted octanol–water partition coefficient (Wildman–Crippen LogP) is 3.53. The quantitative estimate of drug-likeness (QED) is 0.854. The van der Waals surface area contributed by atoms with Crippen LogP contribution >= 0.6 is 0 Å². The van der Waals surface area contributed by atoms with E-state index in [-0.39, 0.29) is 11.9 Å². The number of rotatable bonds is 4. The number of carbonyl (C=O) groups excluding carboxylic acids is 1. The normalized spacial score (nSPS) is 21.3. The van der Waals surface area contributed by atoms with E-state index >= 15 is 0 Å². The van der Waals surface area contributed by atoms with Crippen molar-refractivity contribution in [3.05, 3.63) is 71.3 Å². The zero-order valence-corrected chi connectivity index (χ0v) is 14.9. The van der Waals surface area contributed by atoms with Crippen LogP contribution in [0.3, 0.4) is 0 Å². The Hall–Kier alpha value is -2.13. The van der Waals surface area contributed by atoms with Gasteiger partial charge in [-0.1, -0.05) is 48.0 Å². The lowest BCUT2D eigenvalue weighted by atomic mass is 10.0. The molecule has 0 spiro atoms. The zero-order chi connectivity index (χ0) is 17.2. The molecule has 1 saturated carbocycles. The Labute approximate surface area is 150 Å². The number of carbonyl (C=O) groups is 1. The van der Waals surface area contributed by atoms with Crippen LogP contribution in [0, 0.1) is 6.92 Å².